The van der Waals surface area contributed by atoms with Crippen LogP contribution in [0.1, 0.15) is 35.6 Å². The standard InChI is InChI=1S/C27H29FN4O5S/c1-5-36-22-14-23(38-27(22)20(33)13-25(34)37-6-2)19-12-24(31-15-30-19)29-9-10-32-16(3)11-17-21(35-4)8-7-18(28)26(17)32/h7-8,11-12,14-15H,5-6,9-10,13H2,1-4H3,(H,29,30,31). The number of carbonyl (C=O) groups excluding carboxylic acids is 2. The van der Waals surface area contributed by atoms with E-state index in [0.29, 0.717) is 58.0 Å². The van der Waals surface area contributed by atoms with E-state index in [1.54, 1.807) is 32.2 Å². The van der Waals surface area contributed by atoms with E-state index in [-0.39, 0.29) is 24.6 Å². The Bertz CT molecular complexity index is 1470. The Morgan fingerprint density at radius 3 is 2.66 bits per heavy atom. The van der Waals surface area contributed by atoms with Crippen LogP contribution in [0.2, 0.25) is 0 Å². The lowest BCUT2D eigenvalue weighted by atomic mass is 10.2. The van der Waals surface area contributed by atoms with Crippen LogP contribution in [0, 0.1) is 12.7 Å². The van der Waals surface area contributed by atoms with Crippen LogP contribution in [0.25, 0.3) is 21.5 Å². The van der Waals surface area contributed by atoms with Crippen LogP contribution in [0.3, 0.4) is 0 Å². The van der Waals surface area contributed by atoms with Gasteiger partial charge in [-0.2, -0.15) is 0 Å². The topological polar surface area (TPSA) is 105 Å². The fourth-order valence-electron chi connectivity index (χ4n) is 4.17. The van der Waals surface area contributed by atoms with Gasteiger partial charge in [0.05, 0.1) is 36.4 Å². The smallest absolute Gasteiger partial charge is 0.313 e. The largest absolute Gasteiger partial charge is 0.496 e. The first kappa shape index (κ1) is 27.1. The number of esters is 1. The molecule has 0 aliphatic rings. The van der Waals surface area contributed by atoms with Crippen molar-refractivity contribution in [3.8, 4) is 22.1 Å². The zero-order valence-electron chi connectivity index (χ0n) is 21.7. The summed E-state index contributed by atoms with van der Waals surface area (Å²) < 4.78 is 32.5. The number of aryl methyl sites for hydroxylation is 1. The number of ketones is 1. The summed E-state index contributed by atoms with van der Waals surface area (Å²) in [7, 11) is 1.57. The third-order valence-electron chi connectivity index (χ3n) is 5.82. The number of rotatable bonds is 12. The summed E-state index contributed by atoms with van der Waals surface area (Å²) in [6.07, 6.45) is 1.07. The molecule has 4 rings (SSSR count). The van der Waals surface area contributed by atoms with Gasteiger partial charge in [0.15, 0.2) is 5.78 Å². The van der Waals surface area contributed by atoms with Gasteiger partial charge in [-0.25, -0.2) is 14.4 Å². The second kappa shape index (κ2) is 12.0. The molecular weight excluding hydrogens is 511 g/mol. The van der Waals surface area contributed by atoms with Gasteiger partial charge >= 0.3 is 5.97 Å². The van der Waals surface area contributed by atoms with Crippen molar-refractivity contribution in [3.05, 3.63) is 53.0 Å². The summed E-state index contributed by atoms with van der Waals surface area (Å²) in [5.41, 5.74) is 2.01. The van der Waals surface area contributed by atoms with Gasteiger partial charge in [0.25, 0.3) is 0 Å². The minimum Gasteiger partial charge on any atom is -0.496 e. The van der Waals surface area contributed by atoms with E-state index in [9.17, 15) is 14.0 Å². The Balaban J connectivity index is 1.51. The molecule has 9 nitrogen and oxygen atoms in total. The number of fused-ring (bicyclic) bond motifs is 1. The number of benzene rings is 1. The van der Waals surface area contributed by atoms with Crippen LogP contribution in [-0.4, -0.2) is 53.2 Å². The lowest BCUT2D eigenvalue weighted by molar-refractivity contribution is -0.141. The molecule has 3 aromatic heterocycles. The van der Waals surface area contributed by atoms with Crippen LogP contribution in [0.15, 0.2) is 36.7 Å². The molecule has 0 saturated carbocycles. The van der Waals surface area contributed by atoms with Gasteiger partial charge in [0.1, 0.15) is 40.8 Å². The highest BCUT2D eigenvalue weighted by Crippen LogP contribution is 2.37. The van der Waals surface area contributed by atoms with E-state index in [4.69, 9.17) is 14.2 Å². The normalized spacial score (nSPS) is 11.0. The summed E-state index contributed by atoms with van der Waals surface area (Å²) in [5, 5.41) is 3.99. The molecule has 0 aliphatic heterocycles. The molecule has 1 N–H and O–H groups in total. The van der Waals surface area contributed by atoms with E-state index in [0.717, 1.165) is 11.1 Å². The summed E-state index contributed by atoms with van der Waals surface area (Å²) in [5.74, 6) is 0.352. The maximum absolute atomic E-state index is 14.6. The highest BCUT2D eigenvalue weighted by molar-refractivity contribution is 7.17. The molecule has 0 aliphatic carbocycles. The molecule has 0 bridgehead atoms. The number of Topliss-reactive ketones (excluding diaryl/α,β-unsaturated/α-hetero) is 1. The molecule has 3 heterocycles. The van der Waals surface area contributed by atoms with E-state index < -0.39 is 5.97 Å². The number of anilines is 1. The molecule has 0 fully saturated rings. The van der Waals surface area contributed by atoms with Crippen LogP contribution in [-0.2, 0) is 16.1 Å². The zero-order chi connectivity index (χ0) is 27.2. The van der Waals surface area contributed by atoms with E-state index >= 15 is 0 Å². The number of nitrogens with zero attached hydrogens (tertiary/aromatic N) is 3. The van der Waals surface area contributed by atoms with E-state index in [2.05, 4.69) is 15.3 Å². The Kier molecular flexibility index (Phi) is 8.57. The van der Waals surface area contributed by atoms with Crippen LogP contribution in [0.4, 0.5) is 10.2 Å². The summed E-state index contributed by atoms with van der Waals surface area (Å²) in [4.78, 5) is 34.2. The average Bonchev–Trinajstić information content (AvgIpc) is 3.47. The van der Waals surface area contributed by atoms with Gasteiger partial charge in [-0.3, -0.25) is 9.59 Å². The minimum absolute atomic E-state index is 0.208. The Morgan fingerprint density at radius 1 is 1.11 bits per heavy atom. The second-order valence-corrected chi connectivity index (χ2v) is 9.36. The van der Waals surface area contributed by atoms with Crippen molar-refractivity contribution in [1.82, 2.24) is 14.5 Å². The van der Waals surface area contributed by atoms with Crippen molar-refractivity contribution in [1.29, 1.82) is 0 Å². The molecule has 0 atom stereocenters. The lowest BCUT2D eigenvalue weighted by Crippen LogP contribution is -2.12. The van der Waals surface area contributed by atoms with Crippen molar-refractivity contribution in [2.45, 2.75) is 33.7 Å². The van der Waals surface area contributed by atoms with Gasteiger partial charge in [-0.1, -0.05) is 0 Å². The van der Waals surface area contributed by atoms with Gasteiger partial charge < -0.3 is 24.1 Å². The zero-order valence-corrected chi connectivity index (χ0v) is 22.5. The molecule has 38 heavy (non-hydrogen) atoms. The maximum atomic E-state index is 14.6. The highest BCUT2D eigenvalue weighted by atomic mass is 32.1. The first-order valence-corrected chi connectivity index (χ1v) is 13.0. The maximum Gasteiger partial charge on any atom is 0.313 e. The number of carbonyl (C=O) groups is 2. The molecule has 1 aromatic carbocycles. The van der Waals surface area contributed by atoms with Gasteiger partial charge in [0, 0.05) is 36.3 Å². The van der Waals surface area contributed by atoms with Crippen molar-refractivity contribution in [2.75, 3.05) is 32.2 Å². The monoisotopic (exact) mass is 540 g/mol. The summed E-state index contributed by atoms with van der Waals surface area (Å²) in [6, 6.07) is 8.45. The Hall–Kier alpha value is -3.99. The third-order valence-corrected chi connectivity index (χ3v) is 7.00. The first-order valence-electron chi connectivity index (χ1n) is 12.2. The molecular formula is C27H29FN4O5S. The number of hydrogen-bond donors (Lipinski definition) is 1. The quantitative estimate of drug-likeness (QED) is 0.147. The molecule has 4 aromatic rings. The number of nitrogens with one attached hydrogen (secondary N) is 1. The number of thiophene rings is 1. The molecule has 0 unspecified atom stereocenters. The molecule has 11 heteroatoms. The van der Waals surface area contributed by atoms with Gasteiger partial charge in [0.2, 0.25) is 0 Å². The van der Waals surface area contributed by atoms with Crippen molar-refractivity contribution < 1.29 is 28.2 Å². The first-order chi connectivity index (χ1) is 18.4. The number of aromatic nitrogens is 3. The predicted octanol–water partition coefficient (Wildman–Crippen LogP) is 5.26. The van der Waals surface area contributed by atoms with Gasteiger partial charge in [-0.15, -0.1) is 11.3 Å². The lowest BCUT2D eigenvalue weighted by Gasteiger charge is -2.11. The molecule has 0 radical (unpaired) electrons. The average molecular weight is 541 g/mol. The summed E-state index contributed by atoms with van der Waals surface area (Å²) >= 11 is 1.20. The number of hydrogen-bond acceptors (Lipinski definition) is 9. The Morgan fingerprint density at radius 2 is 1.92 bits per heavy atom. The molecule has 0 amide bonds. The predicted molar refractivity (Wildman–Crippen MR) is 144 cm³/mol. The minimum atomic E-state index is -0.576. The SMILES string of the molecule is CCOC(=O)CC(=O)c1sc(-c2cc(NCCn3c(C)cc4c(OC)ccc(F)c43)ncn2)cc1OCC. The van der Waals surface area contributed by atoms with E-state index in [1.807, 2.05) is 24.5 Å². The highest BCUT2D eigenvalue weighted by Gasteiger charge is 2.22. The third kappa shape index (κ3) is 5.77. The fraction of sp³-hybridized carbons (Fsp3) is 0.333. The fourth-order valence-corrected chi connectivity index (χ4v) is 5.18. The Labute approximate surface area is 223 Å². The molecule has 0 saturated heterocycles. The summed E-state index contributed by atoms with van der Waals surface area (Å²) in [6.45, 7) is 6.99. The van der Waals surface area contributed by atoms with Crippen LogP contribution < -0.4 is 14.8 Å². The second-order valence-electron chi connectivity index (χ2n) is 8.31. The van der Waals surface area contributed by atoms with E-state index in [1.165, 1.54) is 23.7 Å². The van der Waals surface area contributed by atoms with Crippen molar-refractivity contribution in [2.24, 2.45) is 0 Å². The molecule has 200 valence electrons. The van der Waals surface area contributed by atoms with Crippen molar-refractivity contribution in [3.63, 3.8) is 0 Å². The van der Waals surface area contributed by atoms with Gasteiger partial charge in [-0.05, 0) is 39.0 Å². The number of ether oxygens (including phenoxy) is 3. The van der Waals surface area contributed by atoms with Crippen LogP contribution >= 0.6 is 11.3 Å². The van der Waals surface area contributed by atoms with Crippen LogP contribution in [0.5, 0.6) is 11.5 Å². The van der Waals surface area contributed by atoms with Crippen molar-refractivity contribution >= 4 is 39.8 Å². The number of halogens is 1. The molecule has 0 spiro atoms. The number of methoxy groups -OCH3 is 1.